The maximum atomic E-state index is 12.7. The van der Waals surface area contributed by atoms with E-state index in [2.05, 4.69) is 15.6 Å². The second kappa shape index (κ2) is 9.20. The Labute approximate surface area is 185 Å². The molecule has 0 aliphatic heterocycles. The molecule has 3 aromatic rings. The largest absolute Gasteiger partial charge is 0.280 e. The number of hydrogen-bond donors (Lipinski definition) is 3. The third-order valence-corrected chi connectivity index (χ3v) is 6.09. The summed E-state index contributed by atoms with van der Waals surface area (Å²) >= 11 is 5.80. The SMILES string of the molecule is Cc1ccc(NS(=O)(=O)c2ccc(C)c(C(=O)NNC(=O)c3ccc(Cl)cc3)c2)cc1. The zero-order valence-electron chi connectivity index (χ0n) is 16.8. The second-order valence-corrected chi connectivity index (χ2v) is 8.98. The van der Waals surface area contributed by atoms with Crippen molar-refractivity contribution in [2.24, 2.45) is 0 Å². The van der Waals surface area contributed by atoms with E-state index >= 15 is 0 Å². The number of benzene rings is 3. The highest BCUT2D eigenvalue weighted by Gasteiger charge is 2.19. The Morgan fingerprint density at radius 2 is 1.42 bits per heavy atom. The Bertz CT molecular complexity index is 1220. The van der Waals surface area contributed by atoms with Crippen LogP contribution in [0.25, 0.3) is 0 Å². The summed E-state index contributed by atoms with van der Waals surface area (Å²) in [5, 5.41) is 0.480. The minimum atomic E-state index is -3.91. The summed E-state index contributed by atoms with van der Waals surface area (Å²) in [6.45, 7) is 3.56. The van der Waals surface area contributed by atoms with Crippen LogP contribution in [0.1, 0.15) is 31.8 Å². The topological polar surface area (TPSA) is 104 Å². The van der Waals surface area contributed by atoms with Crippen molar-refractivity contribution >= 4 is 39.1 Å². The van der Waals surface area contributed by atoms with Gasteiger partial charge >= 0.3 is 0 Å². The summed E-state index contributed by atoms with van der Waals surface area (Å²) in [5.74, 6) is -1.18. The van der Waals surface area contributed by atoms with Crippen LogP contribution in [0.15, 0.2) is 71.6 Å². The minimum Gasteiger partial charge on any atom is -0.280 e. The van der Waals surface area contributed by atoms with E-state index in [4.69, 9.17) is 11.6 Å². The Balaban J connectivity index is 1.75. The lowest BCUT2D eigenvalue weighted by Gasteiger charge is -2.12. The summed E-state index contributed by atoms with van der Waals surface area (Å²) < 4.78 is 27.9. The van der Waals surface area contributed by atoms with Gasteiger partial charge in [0.15, 0.2) is 0 Å². The molecule has 0 aliphatic carbocycles. The van der Waals surface area contributed by atoms with Gasteiger partial charge in [0, 0.05) is 21.8 Å². The molecule has 0 aromatic heterocycles. The van der Waals surface area contributed by atoms with E-state index in [1.54, 1.807) is 43.3 Å². The molecule has 0 spiro atoms. The van der Waals surface area contributed by atoms with Crippen LogP contribution in [0.3, 0.4) is 0 Å². The van der Waals surface area contributed by atoms with E-state index in [0.29, 0.717) is 21.8 Å². The van der Waals surface area contributed by atoms with E-state index in [0.717, 1.165) is 5.56 Å². The zero-order valence-corrected chi connectivity index (χ0v) is 18.3. The van der Waals surface area contributed by atoms with Gasteiger partial charge in [0.2, 0.25) is 0 Å². The van der Waals surface area contributed by atoms with Gasteiger partial charge in [0.25, 0.3) is 21.8 Å². The van der Waals surface area contributed by atoms with Gasteiger partial charge in [-0.25, -0.2) is 8.42 Å². The normalized spacial score (nSPS) is 10.9. The van der Waals surface area contributed by atoms with Crippen LogP contribution in [-0.2, 0) is 10.0 Å². The smallest absolute Gasteiger partial charge is 0.270 e. The summed E-state index contributed by atoms with van der Waals surface area (Å²) in [7, 11) is -3.91. The fourth-order valence-corrected chi connectivity index (χ4v) is 3.91. The number of rotatable bonds is 5. The monoisotopic (exact) mass is 457 g/mol. The maximum Gasteiger partial charge on any atom is 0.270 e. The highest BCUT2D eigenvalue weighted by molar-refractivity contribution is 7.92. The molecule has 3 rings (SSSR count). The predicted octanol–water partition coefficient (Wildman–Crippen LogP) is 3.83. The molecular formula is C22H20ClN3O4S. The highest BCUT2D eigenvalue weighted by Crippen LogP contribution is 2.20. The average molecular weight is 458 g/mol. The summed E-state index contributed by atoms with van der Waals surface area (Å²) in [6.07, 6.45) is 0. The van der Waals surface area contributed by atoms with Crippen LogP contribution in [0.4, 0.5) is 5.69 Å². The maximum absolute atomic E-state index is 12.7. The zero-order chi connectivity index (χ0) is 22.6. The number of hydrogen-bond acceptors (Lipinski definition) is 4. The van der Waals surface area contributed by atoms with Gasteiger partial charge in [0.1, 0.15) is 0 Å². The first-order valence-corrected chi connectivity index (χ1v) is 11.1. The molecule has 0 fully saturated rings. The summed E-state index contributed by atoms with van der Waals surface area (Å²) in [6, 6.07) is 17.2. The van der Waals surface area contributed by atoms with Crippen LogP contribution in [0.5, 0.6) is 0 Å². The standard InChI is InChI=1S/C22H20ClN3O4S/c1-14-3-10-18(11-4-14)26-31(29,30)19-12-5-15(2)20(13-19)22(28)25-24-21(27)16-6-8-17(23)9-7-16/h3-13,26H,1-2H3,(H,24,27)(H,25,28). The van der Waals surface area contributed by atoms with Crippen molar-refractivity contribution in [2.45, 2.75) is 18.7 Å². The number of sulfonamides is 1. The third kappa shape index (κ3) is 5.62. The van der Waals surface area contributed by atoms with Crippen molar-refractivity contribution in [3.05, 3.63) is 94.0 Å². The van der Waals surface area contributed by atoms with E-state index in [9.17, 15) is 18.0 Å². The number of nitrogens with one attached hydrogen (secondary N) is 3. The third-order valence-electron chi connectivity index (χ3n) is 4.46. The highest BCUT2D eigenvalue weighted by atomic mass is 35.5. The molecule has 0 bridgehead atoms. The first kappa shape index (κ1) is 22.3. The molecule has 0 heterocycles. The van der Waals surface area contributed by atoms with Gasteiger partial charge in [-0.2, -0.15) is 0 Å². The first-order chi connectivity index (χ1) is 14.7. The molecule has 0 atom stereocenters. The Morgan fingerprint density at radius 3 is 2.06 bits per heavy atom. The minimum absolute atomic E-state index is 0.0761. The first-order valence-electron chi connectivity index (χ1n) is 9.22. The second-order valence-electron chi connectivity index (χ2n) is 6.86. The van der Waals surface area contributed by atoms with Crippen LogP contribution >= 0.6 is 11.6 Å². The van der Waals surface area contributed by atoms with Gasteiger partial charge in [-0.15, -0.1) is 0 Å². The van der Waals surface area contributed by atoms with Gasteiger partial charge in [-0.1, -0.05) is 35.4 Å². The Kier molecular flexibility index (Phi) is 6.62. The van der Waals surface area contributed by atoms with Crippen molar-refractivity contribution in [2.75, 3.05) is 4.72 Å². The van der Waals surface area contributed by atoms with Crippen LogP contribution < -0.4 is 15.6 Å². The van der Waals surface area contributed by atoms with Gasteiger partial charge in [-0.3, -0.25) is 25.2 Å². The molecule has 7 nitrogen and oxygen atoms in total. The van der Waals surface area contributed by atoms with Gasteiger partial charge < -0.3 is 0 Å². The molecule has 0 saturated heterocycles. The predicted molar refractivity (Wildman–Crippen MR) is 120 cm³/mol. The fraction of sp³-hybridized carbons (Fsp3) is 0.0909. The van der Waals surface area contributed by atoms with Gasteiger partial charge in [0.05, 0.1) is 4.90 Å². The van der Waals surface area contributed by atoms with Crippen molar-refractivity contribution in [1.29, 1.82) is 0 Å². The quantitative estimate of drug-likeness (QED) is 0.506. The number of carbonyl (C=O) groups excluding carboxylic acids is 2. The molecular weight excluding hydrogens is 438 g/mol. The van der Waals surface area contributed by atoms with Gasteiger partial charge in [-0.05, 0) is 67.9 Å². The lowest BCUT2D eigenvalue weighted by Crippen LogP contribution is -2.41. The average Bonchev–Trinajstić information content (AvgIpc) is 2.74. The summed E-state index contributed by atoms with van der Waals surface area (Å²) in [4.78, 5) is 24.6. The summed E-state index contributed by atoms with van der Waals surface area (Å²) in [5.41, 5.74) is 6.98. The molecule has 0 saturated carbocycles. The number of amides is 2. The van der Waals surface area contributed by atoms with Crippen LogP contribution in [-0.4, -0.2) is 20.2 Å². The van der Waals surface area contributed by atoms with E-state index < -0.39 is 21.8 Å². The van der Waals surface area contributed by atoms with Crippen molar-refractivity contribution in [1.82, 2.24) is 10.9 Å². The molecule has 2 amide bonds. The Hall–Kier alpha value is -3.36. The van der Waals surface area contributed by atoms with Crippen LogP contribution in [0, 0.1) is 13.8 Å². The lowest BCUT2D eigenvalue weighted by molar-refractivity contribution is 0.0846. The molecule has 31 heavy (non-hydrogen) atoms. The molecule has 3 N–H and O–H groups in total. The molecule has 3 aromatic carbocycles. The fourth-order valence-electron chi connectivity index (χ4n) is 2.70. The van der Waals surface area contributed by atoms with Crippen molar-refractivity contribution in [3.8, 4) is 0 Å². The number of carbonyl (C=O) groups is 2. The molecule has 0 unspecified atom stereocenters. The van der Waals surface area contributed by atoms with E-state index in [1.165, 1.54) is 30.3 Å². The Morgan fingerprint density at radius 1 is 0.806 bits per heavy atom. The number of hydrazine groups is 1. The van der Waals surface area contributed by atoms with E-state index in [1.807, 2.05) is 6.92 Å². The molecule has 9 heteroatoms. The van der Waals surface area contributed by atoms with E-state index in [-0.39, 0.29) is 10.5 Å². The van der Waals surface area contributed by atoms with Crippen molar-refractivity contribution in [3.63, 3.8) is 0 Å². The molecule has 0 radical (unpaired) electrons. The van der Waals surface area contributed by atoms with Crippen LogP contribution in [0.2, 0.25) is 5.02 Å². The van der Waals surface area contributed by atoms with Crippen molar-refractivity contribution < 1.29 is 18.0 Å². The molecule has 160 valence electrons. The number of aryl methyl sites for hydroxylation is 2. The number of halogens is 1. The lowest BCUT2D eigenvalue weighted by atomic mass is 10.1. The number of anilines is 1. The molecule has 0 aliphatic rings.